The van der Waals surface area contributed by atoms with Gasteiger partial charge in [0, 0.05) is 32.5 Å². The molecule has 0 aliphatic carbocycles. The molecule has 0 radical (unpaired) electrons. The Kier molecular flexibility index (Phi) is 5.36. The van der Waals surface area contributed by atoms with Crippen LogP contribution < -0.4 is 9.47 Å². The highest BCUT2D eigenvalue weighted by Gasteiger charge is 2.42. The smallest absolute Gasteiger partial charge is 0.228 e. The van der Waals surface area contributed by atoms with Crippen LogP contribution in [-0.2, 0) is 16.0 Å². The van der Waals surface area contributed by atoms with Gasteiger partial charge in [-0.25, -0.2) is 0 Å². The van der Waals surface area contributed by atoms with Gasteiger partial charge >= 0.3 is 0 Å². The summed E-state index contributed by atoms with van der Waals surface area (Å²) in [6.45, 7) is 5.16. The van der Waals surface area contributed by atoms with Crippen LogP contribution in [0.1, 0.15) is 50.3 Å². The number of carbonyl (C=O) groups excluding carboxylic acids is 2. The van der Waals surface area contributed by atoms with Gasteiger partial charge in [-0.2, -0.15) is 0 Å². The number of benzene rings is 1. The molecule has 1 aromatic rings. The molecule has 6 heteroatoms. The minimum absolute atomic E-state index is 0.0402. The lowest BCUT2D eigenvalue weighted by atomic mass is 9.80. The van der Waals surface area contributed by atoms with Gasteiger partial charge in [-0.3, -0.25) is 9.59 Å². The highest BCUT2D eigenvalue weighted by atomic mass is 16.5. The molecule has 2 heterocycles. The first-order valence-corrected chi connectivity index (χ1v) is 9.58. The van der Waals surface area contributed by atoms with Crippen molar-refractivity contribution in [2.45, 2.75) is 45.6 Å². The number of methoxy groups -OCH3 is 2. The summed E-state index contributed by atoms with van der Waals surface area (Å²) in [5.74, 6) is 1.67. The molecule has 27 heavy (non-hydrogen) atoms. The largest absolute Gasteiger partial charge is 0.493 e. The molecular formula is C21H30N2O4. The van der Waals surface area contributed by atoms with E-state index < -0.39 is 0 Å². The standard InChI is InChI=1S/C21H30N2O4/c1-14(24)23-10-7-15-12-18(26-4)19(27-5)13-16(15)17(23)6-8-21(2)9-11-22(3)20(21)25/h12-13,17H,6-11H2,1-5H3. The Labute approximate surface area is 161 Å². The summed E-state index contributed by atoms with van der Waals surface area (Å²) in [5, 5.41) is 0. The molecule has 3 rings (SSSR count). The summed E-state index contributed by atoms with van der Waals surface area (Å²) < 4.78 is 10.9. The first kappa shape index (κ1) is 19.5. The molecule has 1 fully saturated rings. The molecule has 0 bridgehead atoms. The maximum Gasteiger partial charge on any atom is 0.228 e. The van der Waals surface area contributed by atoms with E-state index in [1.54, 1.807) is 21.1 Å². The van der Waals surface area contributed by atoms with E-state index in [-0.39, 0.29) is 23.3 Å². The van der Waals surface area contributed by atoms with Crippen molar-refractivity contribution in [3.05, 3.63) is 23.3 Å². The number of carbonyl (C=O) groups is 2. The van der Waals surface area contributed by atoms with Gasteiger partial charge in [-0.15, -0.1) is 0 Å². The quantitative estimate of drug-likeness (QED) is 0.795. The van der Waals surface area contributed by atoms with Gasteiger partial charge in [-0.05, 0) is 48.9 Å². The Morgan fingerprint density at radius 1 is 1.22 bits per heavy atom. The molecule has 148 valence electrons. The molecular weight excluding hydrogens is 344 g/mol. The van der Waals surface area contributed by atoms with E-state index in [4.69, 9.17) is 9.47 Å². The third-order valence-corrected chi connectivity index (χ3v) is 6.24. The van der Waals surface area contributed by atoms with E-state index in [9.17, 15) is 9.59 Å². The molecule has 2 aliphatic rings. The molecule has 2 aliphatic heterocycles. The normalized spacial score (nSPS) is 24.8. The van der Waals surface area contributed by atoms with E-state index in [1.165, 1.54) is 5.56 Å². The van der Waals surface area contributed by atoms with E-state index in [2.05, 4.69) is 6.92 Å². The minimum atomic E-state index is -0.342. The van der Waals surface area contributed by atoms with Gasteiger partial charge in [0.25, 0.3) is 0 Å². The van der Waals surface area contributed by atoms with Crippen LogP contribution in [0.2, 0.25) is 0 Å². The number of hydrogen-bond donors (Lipinski definition) is 0. The molecule has 0 spiro atoms. The summed E-state index contributed by atoms with van der Waals surface area (Å²) in [6.07, 6.45) is 3.19. The highest BCUT2D eigenvalue weighted by Crippen LogP contribution is 2.43. The van der Waals surface area contributed by atoms with Crippen LogP contribution in [0.15, 0.2) is 12.1 Å². The second-order valence-electron chi connectivity index (χ2n) is 7.96. The molecule has 0 aromatic heterocycles. The molecule has 2 unspecified atom stereocenters. The predicted molar refractivity (Wildman–Crippen MR) is 103 cm³/mol. The first-order valence-electron chi connectivity index (χ1n) is 9.58. The lowest BCUT2D eigenvalue weighted by Crippen LogP contribution is -2.40. The average molecular weight is 374 g/mol. The first-order chi connectivity index (χ1) is 12.8. The van der Waals surface area contributed by atoms with E-state index in [0.29, 0.717) is 18.0 Å². The molecule has 1 saturated heterocycles. The number of hydrogen-bond acceptors (Lipinski definition) is 4. The summed E-state index contributed by atoms with van der Waals surface area (Å²) >= 11 is 0. The van der Waals surface area contributed by atoms with Crippen molar-refractivity contribution in [2.24, 2.45) is 5.41 Å². The average Bonchev–Trinajstić information content (AvgIpc) is 2.92. The van der Waals surface area contributed by atoms with Crippen molar-refractivity contribution < 1.29 is 19.1 Å². The lowest BCUT2D eigenvalue weighted by molar-refractivity contribution is -0.135. The van der Waals surface area contributed by atoms with Gasteiger partial charge in [0.15, 0.2) is 11.5 Å². The van der Waals surface area contributed by atoms with Crippen molar-refractivity contribution in [2.75, 3.05) is 34.4 Å². The summed E-state index contributed by atoms with van der Waals surface area (Å²) in [5.41, 5.74) is 1.96. The SMILES string of the molecule is COc1cc2c(cc1OC)C(CCC1(C)CCN(C)C1=O)N(C(C)=O)CC2. The molecule has 2 atom stereocenters. The maximum absolute atomic E-state index is 12.6. The summed E-state index contributed by atoms with van der Waals surface area (Å²) in [7, 11) is 5.12. The number of nitrogens with zero attached hydrogens (tertiary/aromatic N) is 2. The van der Waals surface area contributed by atoms with E-state index in [0.717, 1.165) is 37.8 Å². The zero-order chi connectivity index (χ0) is 19.8. The van der Waals surface area contributed by atoms with Crippen LogP contribution in [0.5, 0.6) is 11.5 Å². The van der Waals surface area contributed by atoms with Crippen LogP contribution in [0.4, 0.5) is 0 Å². The van der Waals surface area contributed by atoms with Crippen molar-refractivity contribution in [1.29, 1.82) is 0 Å². The molecule has 0 saturated carbocycles. The van der Waals surface area contributed by atoms with Crippen molar-refractivity contribution >= 4 is 11.8 Å². The molecule has 0 N–H and O–H groups in total. The van der Waals surface area contributed by atoms with Crippen LogP contribution in [0.25, 0.3) is 0 Å². The fourth-order valence-electron chi connectivity index (χ4n) is 4.49. The maximum atomic E-state index is 12.6. The predicted octanol–water partition coefficient (Wildman–Crippen LogP) is 2.80. The topological polar surface area (TPSA) is 59.1 Å². The van der Waals surface area contributed by atoms with Gasteiger partial charge in [0.2, 0.25) is 11.8 Å². The second-order valence-corrected chi connectivity index (χ2v) is 7.96. The zero-order valence-corrected chi connectivity index (χ0v) is 17.0. The molecule has 1 aromatic carbocycles. The van der Waals surface area contributed by atoms with Crippen LogP contribution in [0.3, 0.4) is 0 Å². The van der Waals surface area contributed by atoms with Crippen LogP contribution in [-0.4, -0.2) is 56.0 Å². The summed E-state index contributed by atoms with van der Waals surface area (Å²) in [4.78, 5) is 28.6. The fraction of sp³-hybridized carbons (Fsp3) is 0.619. The summed E-state index contributed by atoms with van der Waals surface area (Å²) in [6, 6.07) is 3.98. The van der Waals surface area contributed by atoms with Crippen LogP contribution in [0, 0.1) is 5.41 Å². The Morgan fingerprint density at radius 2 is 1.89 bits per heavy atom. The number of ether oxygens (including phenoxy) is 2. The number of amides is 2. The van der Waals surface area contributed by atoms with Gasteiger partial charge in [0.1, 0.15) is 0 Å². The Morgan fingerprint density at radius 3 is 2.44 bits per heavy atom. The second kappa shape index (κ2) is 7.41. The van der Waals surface area contributed by atoms with Gasteiger partial charge in [0.05, 0.1) is 20.3 Å². The molecule has 6 nitrogen and oxygen atoms in total. The zero-order valence-electron chi connectivity index (χ0n) is 17.0. The monoisotopic (exact) mass is 374 g/mol. The van der Waals surface area contributed by atoms with E-state index >= 15 is 0 Å². The van der Waals surface area contributed by atoms with Gasteiger partial charge < -0.3 is 19.3 Å². The van der Waals surface area contributed by atoms with Gasteiger partial charge in [-0.1, -0.05) is 6.92 Å². The number of fused-ring (bicyclic) bond motifs is 1. The lowest BCUT2D eigenvalue weighted by Gasteiger charge is -2.38. The Balaban J connectivity index is 1.92. The fourth-order valence-corrected chi connectivity index (χ4v) is 4.49. The number of rotatable bonds is 5. The third-order valence-electron chi connectivity index (χ3n) is 6.24. The molecule has 2 amide bonds. The van der Waals surface area contributed by atoms with Crippen molar-refractivity contribution in [3.63, 3.8) is 0 Å². The van der Waals surface area contributed by atoms with Crippen molar-refractivity contribution in [3.8, 4) is 11.5 Å². The Hall–Kier alpha value is -2.24. The third kappa shape index (κ3) is 3.49. The minimum Gasteiger partial charge on any atom is -0.493 e. The highest BCUT2D eigenvalue weighted by molar-refractivity contribution is 5.84. The van der Waals surface area contributed by atoms with E-state index in [1.807, 2.05) is 29.0 Å². The number of likely N-dealkylation sites (tertiary alicyclic amines) is 1. The Bertz CT molecular complexity index is 748. The van der Waals surface area contributed by atoms with Crippen molar-refractivity contribution in [1.82, 2.24) is 9.80 Å². The van der Waals surface area contributed by atoms with Crippen LogP contribution >= 0.6 is 0 Å².